The van der Waals surface area contributed by atoms with Gasteiger partial charge in [-0.05, 0) is 32.6 Å². The average molecular weight is 255 g/mol. The van der Waals surface area contributed by atoms with Gasteiger partial charge in [0.15, 0.2) is 0 Å². The Hall–Kier alpha value is -1.32. The smallest absolute Gasteiger partial charge is 0.307 e. The average Bonchev–Trinajstić information content (AvgIpc) is 2.21. The van der Waals surface area contributed by atoms with Crippen molar-refractivity contribution in [3.05, 3.63) is 12.7 Å². The predicted molar refractivity (Wildman–Crippen MR) is 72.2 cm³/mol. The molecule has 0 aliphatic rings. The highest BCUT2D eigenvalue weighted by Crippen LogP contribution is 2.17. The highest BCUT2D eigenvalue weighted by atomic mass is 16.4. The maximum atomic E-state index is 11.8. The van der Waals surface area contributed by atoms with E-state index in [2.05, 4.69) is 11.9 Å². The zero-order valence-corrected chi connectivity index (χ0v) is 11.8. The summed E-state index contributed by atoms with van der Waals surface area (Å²) in [6, 6.07) is 0. The minimum Gasteiger partial charge on any atom is -0.481 e. The molecule has 0 fully saturated rings. The molecule has 2 N–H and O–H groups in total. The lowest BCUT2D eigenvalue weighted by atomic mass is 9.91. The normalized spacial score (nSPS) is 13.2. The van der Waals surface area contributed by atoms with Gasteiger partial charge in [0, 0.05) is 12.0 Å². The van der Waals surface area contributed by atoms with Crippen LogP contribution in [0.2, 0.25) is 0 Å². The first kappa shape index (κ1) is 16.7. The molecule has 0 aliphatic heterocycles. The van der Waals surface area contributed by atoms with Gasteiger partial charge in [-0.25, -0.2) is 0 Å². The van der Waals surface area contributed by atoms with Gasteiger partial charge < -0.3 is 10.4 Å². The SMILES string of the molecule is C=CCCC(C)(C)NC(=O)C[C@H](C(=O)O)C(C)C. The molecule has 4 heteroatoms. The fourth-order valence-corrected chi connectivity index (χ4v) is 1.76. The van der Waals surface area contributed by atoms with Crippen LogP contribution in [-0.4, -0.2) is 22.5 Å². The van der Waals surface area contributed by atoms with Gasteiger partial charge in [-0.1, -0.05) is 19.9 Å². The first-order valence-corrected chi connectivity index (χ1v) is 6.34. The van der Waals surface area contributed by atoms with Crippen molar-refractivity contribution in [2.24, 2.45) is 11.8 Å². The van der Waals surface area contributed by atoms with E-state index < -0.39 is 11.9 Å². The van der Waals surface area contributed by atoms with Gasteiger partial charge in [0.05, 0.1) is 5.92 Å². The highest BCUT2D eigenvalue weighted by molar-refractivity contribution is 5.82. The van der Waals surface area contributed by atoms with Crippen LogP contribution >= 0.6 is 0 Å². The fraction of sp³-hybridized carbons (Fsp3) is 0.714. The fourth-order valence-electron chi connectivity index (χ4n) is 1.76. The second kappa shape index (κ2) is 7.19. The number of nitrogens with one attached hydrogen (secondary N) is 1. The van der Waals surface area contributed by atoms with Crippen LogP contribution in [0, 0.1) is 11.8 Å². The number of aliphatic carboxylic acids is 1. The van der Waals surface area contributed by atoms with E-state index in [1.807, 2.05) is 33.8 Å². The summed E-state index contributed by atoms with van der Waals surface area (Å²) >= 11 is 0. The van der Waals surface area contributed by atoms with E-state index in [0.717, 1.165) is 12.8 Å². The van der Waals surface area contributed by atoms with Crippen molar-refractivity contribution in [2.45, 2.75) is 52.5 Å². The Morgan fingerprint density at radius 2 is 1.94 bits per heavy atom. The molecular weight excluding hydrogens is 230 g/mol. The van der Waals surface area contributed by atoms with Gasteiger partial charge in [0.25, 0.3) is 0 Å². The van der Waals surface area contributed by atoms with Gasteiger partial charge in [0.1, 0.15) is 0 Å². The number of rotatable bonds is 8. The second-order valence-electron chi connectivity index (χ2n) is 5.65. The van der Waals surface area contributed by atoms with E-state index in [4.69, 9.17) is 5.11 Å². The van der Waals surface area contributed by atoms with E-state index in [0.29, 0.717) is 0 Å². The molecule has 0 spiro atoms. The number of carboxylic acid groups (broad SMARTS) is 1. The third-order valence-corrected chi connectivity index (χ3v) is 2.98. The van der Waals surface area contributed by atoms with E-state index in [-0.39, 0.29) is 23.8 Å². The molecule has 0 radical (unpaired) electrons. The molecule has 0 aromatic rings. The van der Waals surface area contributed by atoms with Gasteiger partial charge in [-0.2, -0.15) is 0 Å². The van der Waals surface area contributed by atoms with Crippen molar-refractivity contribution in [1.82, 2.24) is 5.32 Å². The summed E-state index contributed by atoms with van der Waals surface area (Å²) in [5.41, 5.74) is -0.328. The largest absolute Gasteiger partial charge is 0.481 e. The lowest BCUT2D eigenvalue weighted by Crippen LogP contribution is -2.44. The van der Waals surface area contributed by atoms with Crippen LogP contribution in [0.4, 0.5) is 0 Å². The standard InChI is InChI=1S/C14H25NO3/c1-6-7-8-14(4,5)15-12(16)9-11(10(2)3)13(17)18/h6,10-11H,1,7-9H2,2-5H3,(H,15,16)(H,17,18)/t11-/m0/s1. The first-order valence-electron chi connectivity index (χ1n) is 6.34. The topological polar surface area (TPSA) is 66.4 Å². The molecule has 0 heterocycles. The molecule has 0 unspecified atom stereocenters. The van der Waals surface area contributed by atoms with E-state index >= 15 is 0 Å². The Morgan fingerprint density at radius 1 is 1.39 bits per heavy atom. The highest BCUT2D eigenvalue weighted by Gasteiger charge is 2.27. The summed E-state index contributed by atoms with van der Waals surface area (Å²) < 4.78 is 0. The van der Waals surface area contributed by atoms with Crippen molar-refractivity contribution < 1.29 is 14.7 Å². The number of carboxylic acids is 1. The Labute approximate surface area is 109 Å². The van der Waals surface area contributed by atoms with Gasteiger partial charge >= 0.3 is 5.97 Å². The molecule has 0 bridgehead atoms. The van der Waals surface area contributed by atoms with Gasteiger partial charge in [-0.15, -0.1) is 6.58 Å². The van der Waals surface area contributed by atoms with E-state index in [9.17, 15) is 9.59 Å². The van der Waals surface area contributed by atoms with E-state index in [1.54, 1.807) is 0 Å². The summed E-state index contributed by atoms with van der Waals surface area (Å²) in [7, 11) is 0. The van der Waals surface area contributed by atoms with Crippen molar-refractivity contribution >= 4 is 11.9 Å². The monoisotopic (exact) mass is 255 g/mol. The Bertz CT molecular complexity index is 308. The molecule has 0 saturated carbocycles. The molecular formula is C14H25NO3. The number of hydrogen-bond donors (Lipinski definition) is 2. The van der Waals surface area contributed by atoms with Crippen molar-refractivity contribution in [1.29, 1.82) is 0 Å². The van der Waals surface area contributed by atoms with Crippen LogP contribution in [0.5, 0.6) is 0 Å². The van der Waals surface area contributed by atoms with Gasteiger partial charge in [0.2, 0.25) is 5.91 Å². The minimum absolute atomic E-state index is 0.0323. The Balaban J connectivity index is 4.40. The number of carbonyl (C=O) groups excluding carboxylic acids is 1. The summed E-state index contributed by atoms with van der Waals surface area (Å²) in [4.78, 5) is 22.9. The molecule has 0 aromatic heterocycles. The van der Waals surface area contributed by atoms with Crippen LogP contribution in [-0.2, 0) is 9.59 Å². The maximum absolute atomic E-state index is 11.8. The second-order valence-corrected chi connectivity index (χ2v) is 5.65. The molecule has 1 amide bonds. The molecule has 0 aromatic carbocycles. The molecule has 4 nitrogen and oxygen atoms in total. The van der Waals surface area contributed by atoms with Crippen LogP contribution < -0.4 is 5.32 Å². The van der Waals surface area contributed by atoms with Crippen LogP contribution in [0.1, 0.15) is 47.0 Å². The lowest BCUT2D eigenvalue weighted by molar-refractivity contribution is -0.145. The third kappa shape index (κ3) is 6.42. The predicted octanol–water partition coefficient (Wildman–Crippen LogP) is 2.59. The van der Waals surface area contributed by atoms with Crippen LogP contribution in [0.25, 0.3) is 0 Å². The van der Waals surface area contributed by atoms with E-state index in [1.165, 1.54) is 0 Å². The molecule has 18 heavy (non-hydrogen) atoms. The zero-order valence-electron chi connectivity index (χ0n) is 11.8. The maximum Gasteiger partial charge on any atom is 0.307 e. The Morgan fingerprint density at radius 3 is 2.33 bits per heavy atom. The first-order chi connectivity index (χ1) is 8.19. The lowest BCUT2D eigenvalue weighted by Gasteiger charge is -2.27. The summed E-state index contributed by atoms with van der Waals surface area (Å²) in [6.45, 7) is 11.1. The quantitative estimate of drug-likeness (QED) is 0.655. The summed E-state index contributed by atoms with van der Waals surface area (Å²) in [5, 5.41) is 11.9. The number of allylic oxidation sites excluding steroid dienone is 1. The van der Waals surface area contributed by atoms with Crippen molar-refractivity contribution in [2.75, 3.05) is 0 Å². The molecule has 0 saturated heterocycles. The van der Waals surface area contributed by atoms with Crippen molar-refractivity contribution in [3.63, 3.8) is 0 Å². The van der Waals surface area contributed by atoms with Gasteiger partial charge in [-0.3, -0.25) is 9.59 Å². The van der Waals surface area contributed by atoms with Crippen LogP contribution in [0.3, 0.4) is 0 Å². The Kier molecular flexibility index (Phi) is 6.66. The molecule has 0 aliphatic carbocycles. The molecule has 104 valence electrons. The van der Waals surface area contributed by atoms with Crippen molar-refractivity contribution in [3.8, 4) is 0 Å². The number of hydrogen-bond acceptors (Lipinski definition) is 2. The minimum atomic E-state index is -0.913. The summed E-state index contributed by atoms with van der Waals surface area (Å²) in [5.74, 6) is -1.79. The third-order valence-electron chi connectivity index (χ3n) is 2.98. The number of carbonyl (C=O) groups is 2. The zero-order chi connectivity index (χ0) is 14.3. The van der Waals surface area contributed by atoms with Crippen LogP contribution in [0.15, 0.2) is 12.7 Å². The number of amides is 1. The summed E-state index contributed by atoms with van der Waals surface area (Å²) in [6.07, 6.45) is 3.45. The molecule has 0 rings (SSSR count). The molecule has 1 atom stereocenters.